The molecule has 1 aliphatic heterocycles. The van der Waals surface area contributed by atoms with Crippen LogP contribution in [0, 0.1) is 0 Å². The third-order valence-corrected chi connectivity index (χ3v) is 5.94. The van der Waals surface area contributed by atoms with Gasteiger partial charge in [-0.1, -0.05) is 23.7 Å². The quantitative estimate of drug-likeness (QED) is 0.627. The summed E-state index contributed by atoms with van der Waals surface area (Å²) in [4.78, 5) is 14.5. The van der Waals surface area contributed by atoms with Crippen LogP contribution in [0.15, 0.2) is 40.8 Å². The van der Waals surface area contributed by atoms with Crippen LogP contribution in [0.4, 0.5) is 0 Å². The van der Waals surface area contributed by atoms with Gasteiger partial charge in [-0.15, -0.1) is 0 Å². The molecule has 1 atom stereocenters. The fourth-order valence-corrected chi connectivity index (χ4v) is 4.36. The van der Waals surface area contributed by atoms with Crippen molar-refractivity contribution in [2.24, 2.45) is 0 Å². The molecule has 1 fully saturated rings. The maximum atomic E-state index is 12.3. The molecule has 1 N–H and O–H groups in total. The Bertz CT molecular complexity index is 805. The zero-order chi connectivity index (χ0) is 19.8. The van der Waals surface area contributed by atoms with Gasteiger partial charge in [0.2, 0.25) is 0 Å². The lowest BCUT2D eigenvalue weighted by molar-refractivity contribution is 0.0374. The minimum Gasteiger partial charge on any atom is -0.455 e. The van der Waals surface area contributed by atoms with E-state index in [2.05, 4.69) is 10.2 Å². The Morgan fingerprint density at radius 2 is 2.00 bits per heavy atom. The smallest absolute Gasteiger partial charge is 0.286 e. The summed E-state index contributed by atoms with van der Waals surface area (Å²) in [5.41, 5.74) is 0.913. The molecular formula is C20H25ClN2O4S. The molecule has 1 amide bonds. The van der Waals surface area contributed by atoms with Crippen molar-refractivity contribution in [1.82, 2.24) is 10.2 Å². The number of hydrogen-bond donors (Lipinski definition) is 1. The number of ether oxygens (including phenoxy) is 1. The van der Waals surface area contributed by atoms with E-state index in [1.807, 2.05) is 12.1 Å². The summed E-state index contributed by atoms with van der Waals surface area (Å²) >= 11 is 5.95. The predicted octanol–water partition coefficient (Wildman–Crippen LogP) is 2.83. The van der Waals surface area contributed by atoms with Gasteiger partial charge >= 0.3 is 0 Å². The van der Waals surface area contributed by atoms with Gasteiger partial charge in [-0.25, -0.2) is 0 Å². The standard InChI is InChI=1S/C20H25ClN2O4S/c21-17-4-1-3-16(13-17)14-28(25)15-18-5-6-19(27-18)20(24)22-7-2-8-23-9-11-26-12-10-23/h1,3-6,13H,2,7-12,14-15H2,(H,22,24). The summed E-state index contributed by atoms with van der Waals surface area (Å²) in [7, 11) is -1.14. The van der Waals surface area contributed by atoms with Gasteiger partial charge in [0, 0.05) is 41.2 Å². The second-order valence-corrected chi connectivity index (χ2v) is 8.58. The molecule has 2 aromatic rings. The minimum absolute atomic E-state index is 0.242. The first-order valence-electron chi connectivity index (χ1n) is 9.36. The van der Waals surface area contributed by atoms with Crippen molar-refractivity contribution in [2.75, 3.05) is 39.4 Å². The average Bonchev–Trinajstić information content (AvgIpc) is 3.14. The first-order chi connectivity index (χ1) is 13.6. The van der Waals surface area contributed by atoms with Crippen LogP contribution in [0.1, 0.15) is 28.3 Å². The molecule has 0 spiro atoms. The van der Waals surface area contributed by atoms with E-state index in [1.54, 1.807) is 24.3 Å². The highest BCUT2D eigenvalue weighted by Gasteiger charge is 2.14. The second-order valence-electron chi connectivity index (χ2n) is 6.69. The predicted molar refractivity (Wildman–Crippen MR) is 110 cm³/mol. The van der Waals surface area contributed by atoms with Gasteiger partial charge in [0.25, 0.3) is 5.91 Å². The first-order valence-corrected chi connectivity index (χ1v) is 11.2. The fraction of sp³-hybridized carbons (Fsp3) is 0.450. The molecule has 1 saturated heterocycles. The Hall–Kier alpha value is -1.67. The number of nitrogens with zero attached hydrogens (tertiary/aromatic N) is 1. The van der Waals surface area contributed by atoms with E-state index in [4.69, 9.17) is 20.8 Å². The molecule has 6 nitrogen and oxygen atoms in total. The number of rotatable bonds is 9. The highest BCUT2D eigenvalue weighted by Crippen LogP contribution is 2.15. The lowest BCUT2D eigenvalue weighted by Crippen LogP contribution is -2.38. The van der Waals surface area contributed by atoms with E-state index >= 15 is 0 Å². The van der Waals surface area contributed by atoms with E-state index in [0.29, 0.717) is 23.1 Å². The number of hydrogen-bond acceptors (Lipinski definition) is 5. The maximum absolute atomic E-state index is 12.3. The number of morpholine rings is 1. The van der Waals surface area contributed by atoms with Crippen molar-refractivity contribution >= 4 is 28.3 Å². The molecule has 152 valence electrons. The molecule has 0 saturated carbocycles. The second kappa shape index (κ2) is 10.8. The number of furan rings is 1. The highest BCUT2D eigenvalue weighted by molar-refractivity contribution is 7.83. The first kappa shape index (κ1) is 21.0. The molecule has 1 aromatic carbocycles. The van der Waals surface area contributed by atoms with E-state index in [-0.39, 0.29) is 17.4 Å². The summed E-state index contributed by atoms with van der Waals surface area (Å²) in [6.07, 6.45) is 0.878. The SMILES string of the molecule is O=C(NCCCN1CCOCC1)c1ccc(CS(=O)Cc2cccc(Cl)c2)o1. The van der Waals surface area contributed by atoms with Crippen molar-refractivity contribution in [3.05, 3.63) is 58.5 Å². The van der Waals surface area contributed by atoms with Crippen LogP contribution in [-0.4, -0.2) is 54.4 Å². The van der Waals surface area contributed by atoms with Crippen LogP contribution < -0.4 is 5.32 Å². The zero-order valence-corrected chi connectivity index (χ0v) is 17.3. The Morgan fingerprint density at radius 3 is 2.79 bits per heavy atom. The number of carbonyl (C=O) groups excluding carboxylic acids is 1. The molecule has 1 aliphatic rings. The van der Waals surface area contributed by atoms with Crippen LogP contribution in [0.25, 0.3) is 0 Å². The summed E-state index contributed by atoms with van der Waals surface area (Å²) in [5.74, 6) is 1.20. The Balaban J connectivity index is 1.40. The molecule has 1 unspecified atom stereocenters. The number of amides is 1. The largest absolute Gasteiger partial charge is 0.455 e. The normalized spacial score (nSPS) is 16.0. The van der Waals surface area contributed by atoms with E-state index in [0.717, 1.165) is 44.8 Å². The number of halogens is 1. The number of nitrogens with one attached hydrogen (secondary N) is 1. The molecule has 0 radical (unpaired) electrons. The van der Waals surface area contributed by atoms with Crippen LogP contribution in [0.2, 0.25) is 5.02 Å². The van der Waals surface area contributed by atoms with Gasteiger partial charge in [0.1, 0.15) is 5.76 Å². The van der Waals surface area contributed by atoms with Crippen LogP contribution in [-0.2, 0) is 27.0 Å². The maximum Gasteiger partial charge on any atom is 0.286 e. The molecular weight excluding hydrogens is 400 g/mol. The van der Waals surface area contributed by atoms with Gasteiger partial charge in [-0.05, 0) is 42.8 Å². The van der Waals surface area contributed by atoms with E-state index < -0.39 is 10.8 Å². The fourth-order valence-electron chi connectivity index (χ4n) is 3.02. The van der Waals surface area contributed by atoms with Crippen molar-refractivity contribution in [1.29, 1.82) is 0 Å². The molecule has 1 aromatic heterocycles. The third-order valence-electron chi connectivity index (χ3n) is 4.45. The van der Waals surface area contributed by atoms with Crippen molar-refractivity contribution in [3.8, 4) is 0 Å². The molecule has 0 aliphatic carbocycles. The zero-order valence-electron chi connectivity index (χ0n) is 15.7. The van der Waals surface area contributed by atoms with Crippen LogP contribution >= 0.6 is 11.6 Å². The highest BCUT2D eigenvalue weighted by atomic mass is 35.5. The lowest BCUT2D eigenvalue weighted by Gasteiger charge is -2.26. The third kappa shape index (κ3) is 6.74. The van der Waals surface area contributed by atoms with Gasteiger partial charge < -0.3 is 14.5 Å². The van der Waals surface area contributed by atoms with Gasteiger partial charge in [-0.2, -0.15) is 0 Å². The Kier molecular flexibility index (Phi) is 8.09. The van der Waals surface area contributed by atoms with Crippen molar-refractivity contribution < 1.29 is 18.2 Å². The number of benzene rings is 1. The monoisotopic (exact) mass is 424 g/mol. The summed E-state index contributed by atoms with van der Waals surface area (Å²) in [6, 6.07) is 10.6. The summed E-state index contributed by atoms with van der Waals surface area (Å²) in [5, 5.41) is 3.50. The summed E-state index contributed by atoms with van der Waals surface area (Å²) < 4.78 is 23.2. The van der Waals surface area contributed by atoms with E-state index in [9.17, 15) is 9.00 Å². The molecule has 3 rings (SSSR count). The van der Waals surface area contributed by atoms with E-state index in [1.165, 1.54) is 0 Å². The molecule has 0 bridgehead atoms. The van der Waals surface area contributed by atoms with Crippen LogP contribution in [0.5, 0.6) is 0 Å². The number of carbonyl (C=O) groups is 1. The van der Waals surface area contributed by atoms with Crippen LogP contribution in [0.3, 0.4) is 0 Å². The average molecular weight is 425 g/mol. The molecule has 8 heteroatoms. The Morgan fingerprint density at radius 1 is 1.18 bits per heavy atom. The topological polar surface area (TPSA) is 71.8 Å². The van der Waals surface area contributed by atoms with Gasteiger partial charge in [0.15, 0.2) is 5.76 Å². The Labute approximate surface area is 172 Å². The van der Waals surface area contributed by atoms with Gasteiger partial charge in [-0.3, -0.25) is 13.9 Å². The minimum atomic E-state index is -1.14. The molecule has 2 heterocycles. The molecule has 28 heavy (non-hydrogen) atoms. The van der Waals surface area contributed by atoms with Crippen molar-refractivity contribution in [3.63, 3.8) is 0 Å². The van der Waals surface area contributed by atoms with Gasteiger partial charge in [0.05, 0.1) is 19.0 Å². The summed E-state index contributed by atoms with van der Waals surface area (Å²) in [6.45, 7) is 4.98. The van der Waals surface area contributed by atoms with Crippen molar-refractivity contribution in [2.45, 2.75) is 17.9 Å². The lowest BCUT2D eigenvalue weighted by atomic mass is 10.2.